The summed E-state index contributed by atoms with van der Waals surface area (Å²) in [6.45, 7) is 2.91. The van der Waals surface area contributed by atoms with Crippen LogP contribution in [0.15, 0.2) is 53.5 Å². The van der Waals surface area contributed by atoms with Gasteiger partial charge >= 0.3 is 0 Å². The number of aryl methyl sites for hydroxylation is 1. The van der Waals surface area contributed by atoms with Gasteiger partial charge in [-0.05, 0) is 24.6 Å². The number of carbonyl (C=O) groups is 1. The fourth-order valence-electron chi connectivity index (χ4n) is 2.70. The van der Waals surface area contributed by atoms with Crippen molar-refractivity contribution in [3.05, 3.63) is 70.4 Å². The number of amides is 1. The van der Waals surface area contributed by atoms with E-state index in [0.29, 0.717) is 30.3 Å². The van der Waals surface area contributed by atoms with Gasteiger partial charge in [0.05, 0.1) is 5.39 Å². The molecular weight excluding hydrogens is 316 g/mol. The normalized spacial score (nSPS) is 10.8. The third kappa shape index (κ3) is 3.74. The molecule has 0 aliphatic carbocycles. The Labute approximate surface area is 145 Å². The molecule has 1 amide bonds. The molecule has 0 aliphatic rings. The summed E-state index contributed by atoms with van der Waals surface area (Å²) in [5.74, 6) is -0.281. The van der Waals surface area contributed by atoms with E-state index in [1.807, 2.05) is 25.1 Å². The van der Waals surface area contributed by atoms with Crippen LogP contribution in [0, 0.1) is 0 Å². The molecule has 6 nitrogen and oxygen atoms in total. The lowest BCUT2D eigenvalue weighted by Crippen LogP contribution is -2.31. The summed E-state index contributed by atoms with van der Waals surface area (Å²) < 4.78 is 1.37. The van der Waals surface area contributed by atoms with Crippen LogP contribution in [0.5, 0.6) is 0 Å². The van der Waals surface area contributed by atoms with Crippen LogP contribution < -0.4 is 10.9 Å². The second kappa shape index (κ2) is 7.70. The van der Waals surface area contributed by atoms with Crippen LogP contribution in [0.4, 0.5) is 0 Å². The third-order valence-corrected chi connectivity index (χ3v) is 3.91. The maximum Gasteiger partial charge on any atom is 0.274 e. The molecule has 0 saturated heterocycles. The van der Waals surface area contributed by atoms with Gasteiger partial charge in [-0.15, -0.1) is 0 Å². The SMILES string of the molecule is CCCn1nc(C(=O)NCCc2ccccn2)c2ccccc2c1=O. The van der Waals surface area contributed by atoms with E-state index < -0.39 is 0 Å². The molecule has 1 aromatic carbocycles. The number of rotatable bonds is 6. The quantitative estimate of drug-likeness (QED) is 0.748. The van der Waals surface area contributed by atoms with Gasteiger partial charge in [-0.1, -0.05) is 31.2 Å². The summed E-state index contributed by atoms with van der Waals surface area (Å²) in [5, 5.41) is 8.26. The van der Waals surface area contributed by atoms with Crippen molar-refractivity contribution in [3.63, 3.8) is 0 Å². The average molecular weight is 336 g/mol. The van der Waals surface area contributed by atoms with E-state index in [1.165, 1.54) is 4.68 Å². The summed E-state index contributed by atoms with van der Waals surface area (Å²) in [5.41, 5.74) is 1.03. The van der Waals surface area contributed by atoms with Crippen LogP contribution in [0.25, 0.3) is 10.8 Å². The molecule has 3 rings (SSSR count). The van der Waals surface area contributed by atoms with Crippen LogP contribution in [0.1, 0.15) is 29.5 Å². The summed E-state index contributed by atoms with van der Waals surface area (Å²) >= 11 is 0. The van der Waals surface area contributed by atoms with E-state index in [0.717, 1.165) is 12.1 Å². The predicted molar refractivity (Wildman–Crippen MR) is 96.6 cm³/mol. The smallest absolute Gasteiger partial charge is 0.274 e. The molecular formula is C19H20N4O2. The lowest BCUT2D eigenvalue weighted by molar-refractivity contribution is 0.0948. The number of benzene rings is 1. The summed E-state index contributed by atoms with van der Waals surface area (Å²) in [7, 11) is 0. The number of carbonyl (C=O) groups excluding carboxylic acids is 1. The van der Waals surface area contributed by atoms with E-state index >= 15 is 0 Å². The Morgan fingerprint density at radius 3 is 2.60 bits per heavy atom. The van der Waals surface area contributed by atoms with Gasteiger partial charge in [-0.2, -0.15) is 5.10 Å². The second-order valence-electron chi connectivity index (χ2n) is 5.75. The molecule has 3 aromatic rings. The topological polar surface area (TPSA) is 76.9 Å². The second-order valence-corrected chi connectivity index (χ2v) is 5.75. The van der Waals surface area contributed by atoms with Crippen molar-refractivity contribution in [1.29, 1.82) is 0 Å². The molecule has 2 heterocycles. The van der Waals surface area contributed by atoms with Gasteiger partial charge < -0.3 is 5.32 Å². The van der Waals surface area contributed by atoms with E-state index in [2.05, 4.69) is 15.4 Å². The summed E-state index contributed by atoms with van der Waals surface area (Å²) in [6, 6.07) is 12.8. The maximum absolute atomic E-state index is 12.6. The first kappa shape index (κ1) is 16.8. The first-order valence-corrected chi connectivity index (χ1v) is 8.38. The van der Waals surface area contributed by atoms with Crippen molar-refractivity contribution in [2.24, 2.45) is 0 Å². The Morgan fingerprint density at radius 2 is 1.88 bits per heavy atom. The highest BCUT2D eigenvalue weighted by Crippen LogP contribution is 2.13. The Bertz CT molecular complexity index is 935. The molecule has 0 fully saturated rings. The van der Waals surface area contributed by atoms with Gasteiger partial charge in [0.2, 0.25) is 0 Å². The van der Waals surface area contributed by atoms with Crippen molar-refractivity contribution >= 4 is 16.7 Å². The molecule has 0 unspecified atom stereocenters. The average Bonchev–Trinajstić information content (AvgIpc) is 2.65. The van der Waals surface area contributed by atoms with Crippen LogP contribution in [-0.4, -0.2) is 27.2 Å². The fraction of sp³-hybridized carbons (Fsp3) is 0.263. The van der Waals surface area contributed by atoms with Crippen LogP contribution in [0.3, 0.4) is 0 Å². The van der Waals surface area contributed by atoms with Crippen molar-refractivity contribution in [2.45, 2.75) is 26.3 Å². The molecule has 0 saturated carbocycles. The van der Waals surface area contributed by atoms with E-state index in [-0.39, 0.29) is 17.2 Å². The van der Waals surface area contributed by atoms with E-state index in [4.69, 9.17) is 0 Å². The zero-order chi connectivity index (χ0) is 17.6. The van der Waals surface area contributed by atoms with Gasteiger partial charge in [-0.25, -0.2) is 4.68 Å². The van der Waals surface area contributed by atoms with Crippen molar-refractivity contribution < 1.29 is 4.79 Å². The first-order valence-electron chi connectivity index (χ1n) is 8.38. The Hall–Kier alpha value is -3.02. The predicted octanol–water partition coefficient (Wildman–Crippen LogP) is 2.17. The molecule has 0 spiro atoms. The maximum atomic E-state index is 12.6. The van der Waals surface area contributed by atoms with Crippen molar-refractivity contribution in [1.82, 2.24) is 20.1 Å². The van der Waals surface area contributed by atoms with Crippen LogP contribution in [0.2, 0.25) is 0 Å². The van der Waals surface area contributed by atoms with Crippen LogP contribution in [-0.2, 0) is 13.0 Å². The van der Waals surface area contributed by atoms with Gasteiger partial charge in [-0.3, -0.25) is 14.6 Å². The minimum absolute atomic E-state index is 0.164. The summed E-state index contributed by atoms with van der Waals surface area (Å²) in [4.78, 5) is 29.3. The number of nitrogens with zero attached hydrogens (tertiary/aromatic N) is 3. The Morgan fingerprint density at radius 1 is 1.12 bits per heavy atom. The molecule has 25 heavy (non-hydrogen) atoms. The molecule has 0 bridgehead atoms. The number of aromatic nitrogens is 3. The minimum atomic E-state index is -0.281. The number of hydrogen-bond donors (Lipinski definition) is 1. The number of fused-ring (bicyclic) bond motifs is 1. The molecule has 1 N–H and O–H groups in total. The number of nitrogens with one attached hydrogen (secondary N) is 1. The monoisotopic (exact) mass is 336 g/mol. The van der Waals surface area contributed by atoms with Gasteiger partial charge in [0.1, 0.15) is 0 Å². The highest BCUT2D eigenvalue weighted by molar-refractivity contribution is 6.04. The number of hydrogen-bond acceptors (Lipinski definition) is 4. The molecule has 0 atom stereocenters. The minimum Gasteiger partial charge on any atom is -0.350 e. The first-order chi connectivity index (χ1) is 12.2. The molecule has 0 radical (unpaired) electrons. The lowest BCUT2D eigenvalue weighted by Gasteiger charge is -2.10. The number of pyridine rings is 1. The molecule has 0 aliphatic heterocycles. The zero-order valence-corrected chi connectivity index (χ0v) is 14.1. The Kier molecular flexibility index (Phi) is 5.18. The summed E-state index contributed by atoms with van der Waals surface area (Å²) in [6.07, 6.45) is 3.14. The standard InChI is InChI=1S/C19H20N4O2/c1-2-13-23-19(25)16-9-4-3-8-15(16)17(22-23)18(24)21-12-10-14-7-5-6-11-20-14/h3-9,11H,2,10,12-13H2,1H3,(H,21,24). The third-order valence-electron chi connectivity index (χ3n) is 3.91. The van der Waals surface area contributed by atoms with Gasteiger partial charge in [0.25, 0.3) is 11.5 Å². The lowest BCUT2D eigenvalue weighted by atomic mass is 10.1. The van der Waals surface area contributed by atoms with E-state index in [9.17, 15) is 9.59 Å². The van der Waals surface area contributed by atoms with Crippen molar-refractivity contribution in [3.8, 4) is 0 Å². The Balaban J connectivity index is 1.85. The highest BCUT2D eigenvalue weighted by atomic mass is 16.2. The van der Waals surface area contributed by atoms with Gasteiger partial charge in [0.15, 0.2) is 5.69 Å². The van der Waals surface area contributed by atoms with Gasteiger partial charge in [0, 0.05) is 36.8 Å². The fourth-order valence-corrected chi connectivity index (χ4v) is 2.70. The van der Waals surface area contributed by atoms with Crippen molar-refractivity contribution in [2.75, 3.05) is 6.54 Å². The van der Waals surface area contributed by atoms with E-state index in [1.54, 1.807) is 30.5 Å². The molecule has 128 valence electrons. The van der Waals surface area contributed by atoms with Crippen LogP contribution >= 0.6 is 0 Å². The molecule has 2 aromatic heterocycles. The zero-order valence-electron chi connectivity index (χ0n) is 14.1. The molecule has 6 heteroatoms. The largest absolute Gasteiger partial charge is 0.350 e. The highest BCUT2D eigenvalue weighted by Gasteiger charge is 2.16.